The van der Waals surface area contributed by atoms with E-state index in [1.807, 2.05) is 0 Å². The molecule has 0 unspecified atom stereocenters. The molecule has 11 heteroatoms. The van der Waals surface area contributed by atoms with E-state index in [4.69, 9.17) is 9.47 Å². The lowest BCUT2D eigenvalue weighted by Gasteiger charge is -2.11. The van der Waals surface area contributed by atoms with E-state index in [1.54, 1.807) is 0 Å². The van der Waals surface area contributed by atoms with Crippen LogP contribution in [0.15, 0.2) is 18.2 Å². The van der Waals surface area contributed by atoms with Crippen molar-refractivity contribution in [3.8, 4) is 0 Å². The molecular formula is C22H23N3O7S. The molecule has 0 spiro atoms. The van der Waals surface area contributed by atoms with Crippen LogP contribution in [0.2, 0.25) is 0 Å². The van der Waals surface area contributed by atoms with Crippen LogP contribution in [0.3, 0.4) is 0 Å². The minimum atomic E-state index is -0.828. The lowest BCUT2D eigenvalue weighted by Crippen LogP contribution is -2.22. The highest BCUT2D eigenvalue weighted by Gasteiger charge is 2.28. The molecule has 0 fully saturated rings. The fraction of sp³-hybridized carbons (Fsp3) is 0.318. The van der Waals surface area contributed by atoms with Crippen molar-refractivity contribution >= 4 is 57.4 Å². The monoisotopic (exact) mass is 473 g/mol. The first-order chi connectivity index (χ1) is 15.7. The van der Waals surface area contributed by atoms with Crippen molar-refractivity contribution in [1.82, 2.24) is 0 Å². The normalized spacial score (nSPS) is 11.8. The Morgan fingerprint density at radius 3 is 2.12 bits per heavy atom. The Morgan fingerprint density at radius 2 is 1.55 bits per heavy atom. The van der Waals surface area contributed by atoms with E-state index in [2.05, 4.69) is 16.0 Å². The Balaban J connectivity index is 1.70. The molecule has 10 nitrogen and oxygen atoms in total. The van der Waals surface area contributed by atoms with E-state index in [0.717, 1.165) is 29.7 Å². The van der Waals surface area contributed by atoms with Crippen molar-refractivity contribution in [2.75, 3.05) is 29.7 Å². The number of anilines is 3. The molecule has 0 saturated carbocycles. The Hall–Kier alpha value is -3.73. The summed E-state index contributed by atoms with van der Waals surface area (Å²) in [5, 5.41) is 8.06. The molecule has 3 rings (SSSR count). The molecule has 1 aromatic carbocycles. The summed E-state index contributed by atoms with van der Waals surface area (Å²) in [5.74, 6) is -2.70. The molecule has 1 aromatic heterocycles. The lowest BCUT2D eigenvalue weighted by atomic mass is 10.1. The Labute approximate surface area is 193 Å². The number of methoxy groups -OCH3 is 1. The highest BCUT2D eigenvalue weighted by atomic mass is 32.1. The minimum absolute atomic E-state index is 0.0307. The van der Waals surface area contributed by atoms with Gasteiger partial charge in [-0.15, -0.1) is 11.3 Å². The Morgan fingerprint density at radius 1 is 0.909 bits per heavy atom. The number of carbonyl (C=O) groups is 5. The van der Waals surface area contributed by atoms with Crippen LogP contribution in [0.4, 0.5) is 16.4 Å². The summed E-state index contributed by atoms with van der Waals surface area (Å²) >= 11 is 1.31. The zero-order valence-electron chi connectivity index (χ0n) is 18.3. The Bertz CT molecular complexity index is 1100. The number of thiophene rings is 1. The number of esters is 2. The van der Waals surface area contributed by atoms with Gasteiger partial charge in [-0.25, -0.2) is 9.59 Å². The fourth-order valence-electron chi connectivity index (χ4n) is 3.48. The third-order valence-corrected chi connectivity index (χ3v) is 5.91. The van der Waals surface area contributed by atoms with Gasteiger partial charge in [0, 0.05) is 30.1 Å². The van der Waals surface area contributed by atoms with Crippen LogP contribution in [-0.4, -0.2) is 43.4 Å². The molecule has 3 N–H and O–H groups in total. The first kappa shape index (κ1) is 23.9. The van der Waals surface area contributed by atoms with Gasteiger partial charge >= 0.3 is 11.9 Å². The molecule has 0 radical (unpaired) electrons. The maximum absolute atomic E-state index is 12.5. The molecule has 33 heavy (non-hydrogen) atoms. The maximum atomic E-state index is 12.5. The topological polar surface area (TPSA) is 140 Å². The van der Waals surface area contributed by atoms with Crippen LogP contribution in [0.5, 0.6) is 0 Å². The molecule has 174 valence electrons. The smallest absolute Gasteiger partial charge is 0.341 e. The van der Waals surface area contributed by atoms with E-state index >= 15 is 0 Å². The molecule has 0 saturated heterocycles. The molecule has 0 atom stereocenters. The van der Waals surface area contributed by atoms with Crippen LogP contribution >= 0.6 is 11.3 Å². The quantitative estimate of drug-likeness (QED) is 0.525. The van der Waals surface area contributed by atoms with Crippen molar-refractivity contribution in [3.63, 3.8) is 0 Å². The summed E-state index contributed by atoms with van der Waals surface area (Å²) in [6.45, 7) is 2.01. The summed E-state index contributed by atoms with van der Waals surface area (Å²) in [4.78, 5) is 60.9. The number of fused-ring (bicyclic) bond motifs is 1. The first-order valence-electron chi connectivity index (χ1n) is 10.1. The number of ether oxygens (including phenoxy) is 2. The second-order valence-corrected chi connectivity index (χ2v) is 8.44. The fourth-order valence-corrected chi connectivity index (χ4v) is 4.78. The third-order valence-electron chi connectivity index (χ3n) is 4.71. The van der Waals surface area contributed by atoms with Gasteiger partial charge in [0.25, 0.3) is 5.91 Å². The Kier molecular flexibility index (Phi) is 7.44. The van der Waals surface area contributed by atoms with Crippen molar-refractivity contribution in [2.45, 2.75) is 33.1 Å². The van der Waals surface area contributed by atoms with Gasteiger partial charge in [-0.05, 0) is 43.0 Å². The van der Waals surface area contributed by atoms with Crippen LogP contribution < -0.4 is 16.0 Å². The van der Waals surface area contributed by atoms with E-state index < -0.39 is 24.5 Å². The SMILES string of the molecule is COC(=O)c1c(NC(=O)COC(=O)c2cc(NC(C)=O)cc(NC(C)=O)c2)sc2c1CCC2. The molecule has 0 aliphatic heterocycles. The van der Waals surface area contributed by atoms with E-state index in [9.17, 15) is 24.0 Å². The maximum Gasteiger partial charge on any atom is 0.341 e. The van der Waals surface area contributed by atoms with Crippen molar-refractivity contribution in [3.05, 3.63) is 39.8 Å². The largest absolute Gasteiger partial charge is 0.465 e. The van der Waals surface area contributed by atoms with Gasteiger partial charge in [0.1, 0.15) is 5.00 Å². The van der Waals surface area contributed by atoms with Gasteiger partial charge in [-0.1, -0.05) is 0 Å². The predicted octanol–water partition coefficient (Wildman–Crippen LogP) is 2.74. The summed E-state index contributed by atoms with van der Waals surface area (Å²) in [5.41, 5.74) is 1.82. The minimum Gasteiger partial charge on any atom is -0.465 e. The molecule has 3 amide bonds. The molecule has 0 bridgehead atoms. The third kappa shape index (κ3) is 5.95. The van der Waals surface area contributed by atoms with Crippen LogP contribution in [0.25, 0.3) is 0 Å². The lowest BCUT2D eigenvalue weighted by molar-refractivity contribution is -0.119. The van der Waals surface area contributed by atoms with Crippen molar-refractivity contribution in [1.29, 1.82) is 0 Å². The molecule has 2 aromatic rings. The van der Waals surface area contributed by atoms with Crippen LogP contribution in [0, 0.1) is 0 Å². The second kappa shape index (κ2) is 10.3. The van der Waals surface area contributed by atoms with E-state index in [-0.39, 0.29) is 28.8 Å². The van der Waals surface area contributed by atoms with E-state index in [1.165, 1.54) is 50.5 Å². The van der Waals surface area contributed by atoms with Gasteiger partial charge in [-0.3, -0.25) is 14.4 Å². The van der Waals surface area contributed by atoms with Gasteiger partial charge in [0.2, 0.25) is 11.8 Å². The average molecular weight is 474 g/mol. The van der Waals surface area contributed by atoms with Gasteiger partial charge in [0.15, 0.2) is 6.61 Å². The standard InChI is InChI=1S/C22H23N3O7S/c1-11(26)23-14-7-13(8-15(9-14)24-12(2)27)21(29)32-10-18(28)25-20-19(22(30)31-3)16-5-4-6-17(16)33-20/h7-9H,4-6,10H2,1-3H3,(H,23,26)(H,24,27)(H,25,28). The zero-order chi connectivity index (χ0) is 24.1. The predicted molar refractivity (Wildman–Crippen MR) is 122 cm³/mol. The number of nitrogens with one attached hydrogen (secondary N) is 3. The highest BCUT2D eigenvalue weighted by Crippen LogP contribution is 2.39. The summed E-state index contributed by atoms with van der Waals surface area (Å²) in [6.07, 6.45) is 2.51. The van der Waals surface area contributed by atoms with Crippen LogP contribution in [0.1, 0.15) is 51.4 Å². The number of aryl methyl sites for hydroxylation is 1. The second-order valence-electron chi connectivity index (χ2n) is 7.34. The average Bonchev–Trinajstić information content (AvgIpc) is 3.31. The summed E-state index contributed by atoms with van der Waals surface area (Å²) in [7, 11) is 1.28. The molecule has 1 aliphatic rings. The van der Waals surface area contributed by atoms with Crippen LogP contribution in [-0.2, 0) is 36.7 Å². The number of amides is 3. The van der Waals surface area contributed by atoms with Gasteiger partial charge in [-0.2, -0.15) is 0 Å². The summed E-state index contributed by atoms with van der Waals surface area (Å²) < 4.78 is 9.94. The van der Waals surface area contributed by atoms with Gasteiger partial charge < -0.3 is 25.4 Å². The molecular weight excluding hydrogens is 450 g/mol. The number of rotatable bonds is 7. The van der Waals surface area contributed by atoms with Crippen molar-refractivity contribution < 1.29 is 33.4 Å². The number of carbonyl (C=O) groups excluding carboxylic acids is 5. The zero-order valence-corrected chi connectivity index (χ0v) is 19.1. The number of benzene rings is 1. The highest BCUT2D eigenvalue weighted by molar-refractivity contribution is 7.17. The summed E-state index contributed by atoms with van der Waals surface area (Å²) in [6, 6.07) is 4.22. The molecule has 1 heterocycles. The van der Waals surface area contributed by atoms with Gasteiger partial charge in [0.05, 0.1) is 18.2 Å². The van der Waals surface area contributed by atoms with Crippen molar-refractivity contribution in [2.24, 2.45) is 0 Å². The molecule has 1 aliphatic carbocycles. The first-order valence-corrected chi connectivity index (χ1v) is 10.9. The van der Waals surface area contributed by atoms with E-state index in [0.29, 0.717) is 10.6 Å². The number of hydrogen-bond donors (Lipinski definition) is 3. The number of hydrogen-bond acceptors (Lipinski definition) is 8.